The molecule has 0 aromatic heterocycles. The Bertz CT molecular complexity index is 448. The molecule has 110 valence electrons. The average molecular weight is 280 g/mol. The van der Waals surface area contributed by atoms with Gasteiger partial charge in [0.2, 0.25) is 0 Å². The standard InChI is InChI=1S/C15H21FN2O2/c1-11(17)12-3-2-8-18(9-12)15(19)10-20-14-6-4-13(16)5-7-14/h4-7,11-12H,2-3,8-10,17H2,1H3/t11-,12-/m0/s1. The summed E-state index contributed by atoms with van der Waals surface area (Å²) in [5.74, 6) is 0.498. The first kappa shape index (κ1) is 14.8. The highest BCUT2D eigenvalue weighted by molar-refractivity contribution is 5.77. The van der Waals surface area contributed by atoms with Gasteiger partial charge in [0.15, 0.2) is 6.61 Å². The van der Waals surface area contributed by atoms with Crippen molar-refractivity contribution in [2.75, 3.05) is 19.7 Å². The molecular weight excluding hydrogens is 259 g/mol. The number of rotatable bonds is 4. The predicted octanol–water partition coefficient (Wildman–Crippen LogP) is 1.79. The van der Waals surface area contributed by atoms with Crippen LogP contribution in [0.2, 0.25) is 0 Å². The first-order chi connectivity index (χ1) is 9.56. The van der Waals surface area contributed by atoms with Crippen molar-refractivity contribution in [3.8, 4) is 5.75 Å². The van der Waals surface area contributed by atoms with E-state index in [2.05, 4.69) is 0 Å². The minimum Gasteiger partial charge on any atom is -0.484 e. The molecular formula is C15H21FN2O2. The number of likely N-dealkylation sites (tertiary alicyclic amines) is 1. The molecule has 0 spiro atoms. The molecule has 1 fully saturated rings. The van der Waals surface area contributed by atoms with Gasteiger partial charge in [-0.05, 0) is 49.9 Å². The van der Waals surface area contributed by atoms with E-state index < -0.39 is 0 Å². The average Bonchev–Trinajstić information content (AvgIpc) is 2.46. The van der Waals surface area contributed by atoms with E-state index in [0.717, 1.165) is 19.4 Å². The van der Waals surface area contributed by atoms with E-state index in [0.29, 0.717) is 18.2 Å². The maximum Gasteiger partial charge on any atom is 0.260 e. The lowest BCUT2D eigenvalue weighted by Crippen LogP contribution is -2.46. The van der Waals surface area contributed by atoms with Gasteiger partial charge in [-0.3, -0.25) is 4.79 Å². The Morgan fingerprint density at radius 1 is 1.50 bits per heavy atom. The van der Waals surface area contributed by atoms with Gasteiger partial charge in [-0.15, -0.1) is 0 Å². The van der Waals surface area contributed by atoms with E-state index >= 15 is 0 Å². The Labute approximate surface area is 118 Å². The first-order valence-electron chi connectivity index (χ1n) is 6.98. The highest BCUT2D eigenvalue weighted by Gasteiger charge is 2.25. The predicted molar refractivity (Wildman–Crippen MR) is 74.8 cm³/mol. The van der Waals surface area contributed by atoms with Crippen molar-refractivity contribution in [1.82, 2.24) is 4.90 Å². The fourth-order valence-corrected chi connectivity index (χ4v) is 2.43. The van der Waals surface area contributed by atoms with Crippen molar-refractivity contribution in [3.05, 3.63) is 30.1 Å². The summed E-state index contributed by atoms with van der Waals surface area (Å²) < 4.78 is 18.1. The van der Waals surface area contributed by atoms with Crippen LogP contribution < -0.4 is 10.5 Å². The summed E-state index contributed by atoms with van der Waals surface area (Å²) in [4.78, 5) is 13.9. The number of piperidine rings is 1. The molecule has 2 atom stereocenters. The number of amides is 1. The largest absolute Gasteiger partial charge is 0.484 e. The number of hydrogen-bond acceptors (Lipinski definition) is 3. The van der Waals surface area contributed by atoms with Gasteiger partial charge in [0.05, 0.1) is 0 Å². The molecule has 1 aliphatic rings. The molecule has 5 heteroatoms. The van der Waals surface area contributed by atoms with Crippen LogP contribution in [0.25, 0.3) is 0 Å². The van der Waals surface area contributed by atoms with Gasteiger partial charge in [0.25, 0.3) is 5.91 Å². The zero-order valence-electron chi connectivity index (χ0n) is 11.7. The normalized spacial score (nSPS) is 20.6. The van der Waals surface area contributed by atoms with Gasteiger partial charge < -0.3 is 15.4 Å². The fraction of sp³-hybridized carbons (Fsp3) is 0.533. The number of carbonyl (C=O) groups is 1. The summed E-state index contributed by atoms with van der Waals surface area (Å²) in [5.41, 5.74) is 5.90. The van der Waals surface area contributed by atoms with Crippen LogP contribution in [-0.2, 0) is 4.79 Å². The number of hydrogen-bond donors (Lipinski definition) is 1. The van der Waals surface area contributed by atoms with Gasteiger partial charge in [-0.25, -0.2) is 4.39 Å². The second kappa shape index (κ2) is 6.70. The van der Waals surface area contributed by atoms with Gasteiger partial charge in [0, 0.05) is 19.1 Å². The molecule has 4 nitrogen and oxygen atoms in total. The molecule has 2 rings (SSSR count). The van der Waals surface area contributed by atoms with Crippen LogP contribution >= 0.6 is 0 Å². The summed E-state index contributed by atoms with van der Waals surface area (Å²) in [7, 11) is 0. The van der Waals surface area contributed by atoms with Crippen molar-refractivity contribution in [2.24, 2.45) is 11.7 Å². The van der Waals surface area contributed by atoms with Crippen LogP contribution in [0.3, 0.4) is 0 Å². The molecule has 2 N–H and O–H groups in total. The Morgan fingerprint density at radius 2 is 2.20 bits per heavy atom. The van der Waals surface area contributed by atoms with Crippen LogP contribution in [0.15, 0.2) is 24.3 Å². The van der Waals surface area contributed by atoms with Crippen LogP contribution in [-0.4, -0.2) is 36.5 Å². The lowest BCUT2D eigenvalue weighted by Gasteiger charge is -2.34. The van der Waals surface area contributed by atoms with E-state index in [9.17, 15) is 9.18 Å². The maximum absolute atomic E-state index is 12.8. The molecule has 0 aliphatic carbocycles. The third-order valence-corrected chi connectivity index (χ3v) is 3.73. The molecule has 20 heavy (non-hydrogen) atoms. The number of nitrogens with two attached hydrogens (primary N) is 1. The number of benzene rings is 1. The van der Waals surface area contributed by atoms with Crippen LogP contribution in [0.5, 0.6) is 5.75 Å². The molecule has 1 heterocycles. The number of carbonyl (C=O) groups excluding carboxylic acids is 1. The molecule has 0 unspecified atom stereocenters. The Morgan fingerprint density at radius 3 is 2.85 bits per heavy atom. The van der Waals surface area contributed by atoms with Gasteiger partial charge in [-0.1, -0.05) is 0 Å². The van der Waals surface area contributed by atoms with Crippen molar-refractivity contribution in [3.63, 3.8) is 0 Å². The lowest BCUT2D eigenvalue weighted by atomic mass is 9.92. The minimum atomic E-state index is -0.320. The minimum absolute atomic E-state index is 0.0166. The topological polar surface area (TPSA) is 55.6 Å². The monoisotopic (exact) mass is 280 g/mol. The molecule has 0 bridgehead atoms. The van der Waals surface area contributed by atoms with E-state index in [1.165, 1.54) is 24.3 Å². The zero-order valence-corrected chi connectivity index (χ0v) is 11.7. The smallest absolute Gasteiger partial charge is 0.260 e. The van der Waals surface area contributed by atoms with Gasteiger partial charge >= 0.3 is 0 Å². The summed E-state index contributed by atoms with van der Waals surface area (Å²) in [6, 6.07) is 5.76. The molecule has 1 aromatic carbocycles. The van der Waals surface area contributed by atoms with Crippen molar-refractivity contribution in [1.29, 1.82) is 0 Å². The van der Waals surface area contributed by atoms with Crippen molar-refractivity contribution >= 4 is 5.91 Å². The van der Waals surface area contributed by atoms with Gasteiger partial charge in [-0.2, -0.15) is 0 Å². The van der Waals surface area contributed by atoms with Crippen LogP contribution in [0.4, 0.5) is 4.39 Å². The Hall–Kier alpha value is -1.62. The summed E-state index contributed by atoms with van der Waals surface area (Å²) in [6.07, 6.45) is 2.05. The third kappa shape index (κ3) is 3.93. The van der Waals surface area contributed by atoms with E-state index in [4.69, 9.17) is 10.5 Å². The van der Waals surface area contributed by atoms with Crippen molar-refractivity contribution in [2.45, 2.75) is 25.8 Å². The summed E-state index contributed by atoms with van der Waals surface area (Å²) >= 11 is 0. The van der Waals surface area contributed by atoms with Crippen LogP contribution in [0.1, 0.15) is 19.8 Å². The SMILES string of the molecule is C[C@H](N)[C@H]1CCCN(C(=O)COc2ccc(F)cc2)C1. The number of halogens is 1. The second-order valence-corrected chi connectivity index (χ2v) is 5.34. The number of ether oxygens (including phenoxy) is 1. The zero-order chi connectivity index (χ0) is 14.5. The van der Waals surface area contributed by atoms with Crippen LogP contribution in [0, 0.1) is 11.7 Å². The highest BCUT2D eigenvalue weighted by atomic mass is 19.1. The molecule has 1 aromatic rings. The molecule has 0 radical (unpaired) electrons. The molecule has 1 saturated heterocycles. The maximum atomic E-state index is 12.8. The molecule has 1 aliphatic heterocycles. The number of nitrogens with zero attached hydrogens (tertiary/aromatic N) is 1. The highest BCUT2D eigenvalue weighted by Crippen LogP contribution is 2.19. The van der Waals surface area contributed by atoms with E-state index in [1.807, 2.05) is 6.92 Å². The Kier molecular flexibility index (Phi) is 4.95. The van der Waals surface area contributed by atoms with Gasteiger partial charge in [0.1, 0.15) is 11.6 Å². The quantitative estimate of drug-likeness (QED) is 0.915. The second-order valence-electron chi connectivity index (χ2n) is 5.34. The van der Waals surface area contributed by atoms with E-state index in [-0.39, 0.29) is 24.4 Å². The summed E-state index contributed by atoms with van der Waals surface area (Å²) in [5, 5.41) is 0. The van der Waals surface area contributed by atoms with Crippen molar-refractivity contribution < 1.29 is 13.9 Å². The molecule has 1 amide bonds. The summed E-state index contributed by atoms with van der Waals surface area (Å²) in [6.45, 7) is 3.42. The molecule has 0 saturated carbocycles. The third-order valence-electron chi connectivity index (χ3n) is 3.73. The fourth-order valence-electron chi connectivity index (χ4n) is 2.43. The first-order valence-corrected chi connectivity index (χ1v) is 6.98. The van der Waals surface area contributed by atoms with E-state index in [1.54, 1.807) is 4.90 Å². The lowest BCUT2D eigenvalue weighted by molar-refractivity contribution is -0.135. The Balaban J connectivity index is 1.83.